The molecule has 0 radical (unpaired) electrons. The van der Waals surface area contributed by atoms with Crippen LogP contribution in [0.3, 0.4) is 0 Å². The van der Waals surface area contributed by atoms with Gasteiger partial charge in [-0.05, 0) is 25.7 Å². The number of anilines is 2. The predicted octanol–water partition coefficient (Wildman–Crippen LogP) is 5.29. The van der Waals surface area contributed by atoms with Crippen molar-refractivity contribution in [2.75, 3.05) is 16.8 Å². The number of hydrogen-bond donors (Lipinski definition) is 3. The lowest BCUT2D eigenvalue weighted by molar-refractivity contribution is -0.137. The van der Waals surface area contributed by atoms with Crippen LogP contribution in [-0.4, -0.2) is 70.9 Å². The van der Waals surface area contributed by atoms with Gasteiger partial charge in [-0.25, -0.2) is 29.7 Å². The van der Waals surface area contributed by atoms with Crippen LogP contribution in [0.2, 0.25) is 5.02 Å². The monoisotopic (exact) mass is 641 g/mol. The van der Waals surface area contributed by atoms with E-state index in [1.807, 2.05) is 5.32 Å². The van der Waals surface area contributed by atoms with E-state index in [-0.39, 0.29) is 28.5 Å². The highest BCUT2D eigenvalue weighted by Crippen LogP contribution is 2.38. The highest BCUT2D eigenvalue weighted by Gasteiger charge is 2.38. The molecule has 1 fully saturated rings. The van der Waals surface area contributed by atoms with E-state index in [4.69, 9.17) is 11.6 Å². The number of rotatable bonds is 7. The van der Waals surface area contributed by atoms with Crippen LogP contribution in [-0.2, 0) is 6.18 Å². The number of carbonyl (C=O) groups excluding carboxylic acids is 1. The van der Waals surface area contributed by atoms with Gasteiger partial charge in [-0.15, -0.1) is 0 Å². The van der Waals surface area contributed by atoms with Crippen LogP contribution in [0.25, 0.3) is 22.6 Å². The van der Waals surface area contributed by atoms with E-state index in [1.165, 1.54) is 37.3 Å². The van der Waals surface area contributed by atoms with E-state index in [0.29, 0.717) is 43.1 Å². The number of carbonyl (C=O) groups is 1. The third-order valence-corrected chi connectivity index (χ3v) is 7.00. The molecular weight excluding hydrogens is 620 g/mol. The number of nitrogens with zero attached hydrogens (tertiary/aromatic N) is 8. The largest absolute Gasteiger partial charge is 0.420 e. The van der Waals surface area contributed by atoms with Crippen molar-refractivity contribution >= 4 is 29.4 Å². The Labute approximate surface area is 249 Å². The first-order valence-electron chi connectivity index (χ1n) is 13.0. The maximum atomic E-state index is 13.6. The van der Waals surface area contributed by atoms with Gasteiger partial charge in [-0.1, -0.05) is 11.6 Å². The molecular formula is C25H22ClF6N11O. The maximum Gasteiger partial charge on any atom is 0.420 e. The second-order valence-electron chi connectivity index (χ2n) is 9.72. The molecule has 0 spiro atoms. The summed E-state index contributed by atoms with van der Waals surface area (Å²) in [5.74, 6) is -0.0603. The molecule has 1 aliphatic rings. The molecule has 0 atom stereocenters. The predicted molar refractivity (Wildman–Crippen MR) is 144 cm³/mol. The topological polar surface area (TPSA) is 150 Å². The van der Waals surface area contributed by atoms with Crippen LogP contribution in [0.4, 0.5) is 42.9 Å². The summed E-state index contributed by atoms with van der Waals surface area (Å²) in [6.07, 6.45) is 0.818. The molecule has 0 aliphatic heterocycles. The summed E-state index contributed by atoms with van der Waals surface area (Å²) in [5.41, 5.74) is -0.875. The fourth-order valence-electron chi connectivity index (χ4n) is 4.69. The van der Waals surface area contributed by atoms with Crippen molar-refractivity contribution in [3.8, 4) is 22.6 Å². The second-order valence-corrected chi connectivity index (χ2v) is 10.1. The molecule has 2 amide bonds. The lowest BCUT2D eigenvalue weighted by Gasteiger charge is -2.36. The Bertz CT molecular complexity index is 1580. The van der Waals surface area contributed by atoms with Crippen molar-refractivity contribution in [2.24, 2.45) is 0 Å². The molecule has 1 aliphatic carbocycles. The molecule has 0 aromatic carbocycles. The van der Waals surface area contributed by atoms with E-state index in [1.54, 1.807) is 0 Å². The minimum absolute atomic E-state index is 0.0354. The minimum Gasteiger partial charge on any atom is -0.351 e. The van der Waals surface area contributed by atoms with Crippen LogP contribution in [0.1, 0.15) is 31.2 Å². The Morgan fingerprint density at radius 2 is 1.68 bits per heavy atom. The molecule has 44 heavy (non-hydrogen) atoms. The summed E-state index contributed by atoms with van der Waals surface area (Å²) >= 11 is 5.99. The van der Waals surface area contributed by atoms with E-state index >= 15 is 0 Å². The molecule has 12 nitrogen and oxygen atoms in total. The van der Waals surface area contributed by atoms with Crippen LogP contribution in [0.5, 0.6) is 0 Å². The Hall–Kier alpha value is -4.61. The molecule has 5 rings (SSSR count). The van der Waals surface area contributed by atoms with Crippen LogP contribution >= 0.6 is 11.6 Å². The smallest absolute Gasteiger partial charge is 0.351 e. The van der Waals surface area contributed by atoms with Crippen molar-refractivity contribution in [3.63, 3.8) is 0 Å². The molecule has 0 bridgehead atoms. The van der Waals surface area contributed by atoms with E-state index < -0.39 is 42.2 Å². The number of amides is 2. The zero-order valence-electron chi connectivity index (χ0n) is 22.4. The first-order chi connectivity index (χ1) is 20.9. The van der Waals surface area contributed by atoms with E-state index in [9.17, 15) is 31.1 Å². The fraction of sp³-hybridized carbons (Fsp3) is 0.360. The van der Waals surface area contributed by atoms with Gasteiger partial charge in [0.1, 0.15) is 29.8 Å². The molecule has 0 saturated heterocycles. The quantitative estimate of drug-likeness (QED) is 0.229. The lowest BCUT2D eigenvalue weighted by Crippen LogP contribution is -2.50. The fourth-order valence-corrected chi connectivity index (χ4v) is 4.87. The van der Waals surface area contributed by atoms with Crippen LogP contribution in [0.15, 0.2) is 43.5 Å². The lowest BCUT2D eigenvalue weighted by atomic mass is 9.90. The normalized spacial score (nSPS) is 17.2. The van der Waals surface area contributed by atoms with Crippen molar-refractivity contribution in [2.45, 2.75) is 50.1 Å². The highest BCUT2D eigenvalue weighted by atomic mass is 35.5. The average Bonchev–Trinajstić information content (AvgIpc) is 3.42. The summed E-state index contributed by atoms with van der Waals surface area (Å²) < 4.78 is 79.5. The molecule has 4 aromatic heterocycles. The summed E-state index contributed by atoms with van der Waals surface area (Å²) in [4.78, 5) is 38.3. The van der Waals surface area contributed by atoms with Gasteiger partial charge in [0.2, 0.25) is 5.95 Å². The van der Waals surface area contributed by atoms with E-state index in [2.05, 4.69) is 45.4 Å². The summed E-state index contributed by atoms with van der Waals surface area (Å²) in [7, 11) is 0. The summed E-state index contributed by atoms with van der Waals surface area (Å²) in [5, 5.41) is 11.0. The first-order valence-corrected chi connectivity index (χ1v) is 13.4. The Morgan fingerprint density at radius 1 is 0.955 bits per heavy atom. The second kappa shape index (κ2) is 12.6. The standard InChI is InChI=1S/C25H22ClF6N11O/c26-17-8-39-42-21(17)20-16(25(30,31)32)7-37-22(41-20)40-14-1-3-15(4-2-14)43(23(44)38-11-24(27,28)29)19-10-35-18(9-36-19)13-5-33-12-34-6-13/h5-10,12,14-15H,1-4,11H2,(H,38,44)(H,39,42)(H,37,40,41)/t14-,15-. The molecule has 1 saturated carbocycles. The van der Waals surface area contributed by atoms with Crippen molar-refractivity contribution in [3.05, 3.63) is 54.1 Å². The molecule has 4 heterocycles. The number of H-pyrrole nitrogens is 1. The summed E-state index contributed by atoms with van der Waals surface area (Å²) in [6, 6.07) is -1.89. The number of aromatic amines is 1. The number of halogens is 7. The number of hydrogen-bond acceptors (Lipinski definition) is 9. The van der Waals surface area contributed by atoms with Gasteiger partial charge in [0.25, 0.3) is 0 Å². The van der Waals surface area contributed by atoms with Gasteiger partial charge in [0, 0.05) is 42.4 Å². The SMILES string of the molecule is O=C(NCC(F)(F)F)N(c1cnc(-c2cncnc2)cn1)[C@H]1CC[C@H](Nc2ncc(C(F)(F)F)c(-c3n[nH]cc3Cl)n2)CC1. The third-order valence-electron chi connectivity index (χ3n) is 6.71. The third kappa shape index (κ3) is 7.29. The number of alkyl halides is 6. The Kier molecular flexibility index (Phi) is 8.80. The Morgan fingerprint density at radius 3 is 2.27 bits per heavy atom. The van der Waals surface area contributed by atoms with Gasteiger partial charge >= 0.3 is 18.4 Å². The summed E-state index contributed by atoms with van der Waals surface area (Å²) in [6.45, 7) is -1.54. The number of nitrogens with one attached hydrogen (secondary N) is 3. The maximum absolute atomic E-state index is 13.6. The van der Waals surface area contributed by atoms with Crippen molar-refractivity contribution in [1.82, 2.24) is 45.4 Å². The molecule has 232 valence electrons. The molecule has 3 N–H and O–H groups in total. The number of aromatic nitrogens is 8. The van der Waals surface area contributed by atoms with Crippen molar-refractivity contribution in [1.29, 1.82) is 0 Å². The highest BCUT2D eigenvalue weighted by molar-refractivity contribution is 6.32. The number of urea groups is 1. The molecule has 4 aromatic rings. The van der Waals surface area contributed by atoms with Gasteiger partial charge in [-0.3, -0.25) is 15.0 Å². The van der Waals surface area contributed by atoms with Gasteiger partial charge < -0.3 is 10.6 Å². The van der Waals surface area contributed by atoms with Crippen LogP contribution < -0.4 is 15.5 Å². The van der Waals surface area contributed by atoms with Gasteiger partial charge in [-0.2, -0.15) is 31.4 Å². The first kappa shape index (κ1) is 30.8. The van der Waals surface area contributed by atoms with E-state index in [0.717, 1.165) is 4.90 Å². The molecule has 0 unspecified atom stereocenters. The minimum atomic E-state index is -4.76. The Balaban J connectivity index is 1.32. The molecule has 19 heteroatoms. The average molecular weight is 642 g/mol. The van der Waals surface area contributed by atoms with Gasteiger partial charge in [0.15, 0.2) is 5.82 Å². The van der Waals surface area contributed by atoms with Crippen LogP contribution in [0, 0.1) is 0 Å². The zero-order chi connectivity index (χ0) is 31.5. The van der Waals surface area contributed by atoms with Crippen molar-refractivity contribution < 1.29 is 31.1 Å². The zero-order valence-corrected chi connectivity index (χ0v) is 23.1. The van der Waals surface area contributed by atoms with Gasteiger partial charge in [0.05, 0.1) is 23.1 Å².